The number of carbonyl (C=O) groups excluding carboxylic acids is 2. The zero-order valence-electron chi connectivity index (χ0n) is 8.59. The number of epoxide rings is 1. The summed E-state index contributed by atoms with van der Waals surface area (Å²) in [6, 6.07) is 0. The summed E-state index contributed by atoms with van der Waals surface area (Å²) < 4.78 is 4.99. The van der Waals surface area contributed by atoms with Gasteiger partial charge in [0.05, 0.1) is 0 Å². The van der Waals surface area contributed by atoms with E-state index in [-0.39, 0.29) is 17.0 Å². The monoisotopic (exact) mass is 184 g/mol. The Morgan fingerprint density at radius 1 is 1.23 bits per heavy atom. The molecule has 0 amide bonds. The van der Waals surface area contributed by atoms with Gasteiger partial charge in [0, 0.05) is 6.42 Å². The van der Waals surface area contributed by atoms with Crippen molar-refractivity contribution in [2.24, 2.45) is 5.41 Å². The summed E-state index contributed by atoms with van der Waals surface area (Å²) >= 11 is 0. The quantitative estimate of drug-likeness (QED) is 0.622. The lowest BCUT2D eigenvalue weighted by Gasteiger charge is -2.15. The molecular formula is C10H16O3. The highest BCUT2D eigenvalue weighted by Gasteiger charge is 2.48. The molecule has 3 heteroatoms. The number of ketones is 2. The Hall–Kier alpha value is -0.700. The molecule has 1 fully saturated rings. The molecule has 1 aliphatic heterocycles. The van der Waals surface area contributed by atoms with Crippen LogP contribution in [0.15, 0.2) is 0 Å². The lowest BCUT2D eigenvalue weighted by Crippen LogP contribution is -2.20. The minimum Gasteiger partial charge on any atom is -0.353 e. The van der Waals surface area contributed by atoms with Gasteiger partial charge in [0.15, 0.2) is 11.6 Å². The van der Waals surface area contributed by atoms with E-state index in [9.17, 15) is 9.59 Å². The van der Waals surface area contributed by atoms with Crippen LogP contribution in [0.4, 0.5) is 0 Å². The predicted octanol–water partition coefficient (Wildman–Crippen LogP) is 1.35. The van der Waals surface area contributed by atoms with Gasteiger partial charge in [0.2, 0.25) is 0 Å². The molecule has 2 unspecified atom stereocenters. The van der Waals surface area contributed by atoms with Crippen LogP contribution in [0.1, 0.15) is 34.1 Å². The molecule has 1 rings (SSSR count). The molecule has 1 aliphatic rings. The van der Waals surface area contributed by atoms with Gasteiger partial charge < -0.3 is 4.74 Å². The van der Waals surface area contributed by atoms with Gasteiger partial charge in [-0.1, -0.05) is 20.8 Å². The van der Waals surface area contributed by atoms with Crippen LogP contribution in [-0.4, -0.2) is 23.8 Å². The molecule has 0 aromatic carbocycles. The van der Waals surface area contributed by atoms with Gasteiger partial charge in [-0.05, 0) is 12.3 Å². The van der Waals surface area contributed by atoms with Crippen molar-refractivity contribution in [2.45, 2.75) is 46.3 Å². The Labute approximate surface area is 78.5 Å². The Balaban J connectivity index is 2.40. The van der Waals surface area contributed by atoms with Crippen LogP contribution in [0.25, 0.3) is 0 Å². The van der Waals surface area contributed by atoms with E-state index < -0.39 is 12.2 Å². The molecule has 2 atom stereocenters. The molecular weight excluding hydrogens is 168 g/mol. The fourth-order valence-electron chi connectivity index (χ4n) is 1.29. The summed E-state index contributed by atoms with van der Waals surface area (Å²) in [6.07, 6.45) is -0.423. The Kier molecular flexibility index (Phi) is 2.57. The van der Waals surface area contributed by atoms with Crippen LogP contribution in [0.2, 0.25) is 0 Å². The highest BCUT2D eigenvalue weighted by molar-refractivity contribution is 5.96. The number of rotatable bonds is 3. The Morgan fingerprint density at radius 3 is 2.08 bits per heavy atom. The maximum atomic E-state index is 11.5. The Morgan fingerprint density at radius 2 is 1.77 bits per heavy atom. The summed E-state index contributed by atoms with van der Waals surface area (Å²) in [4.78, 5) is 22.3. The zero-order chi connectivity index (χ0) is 10.2. The number of Topliss-reactive ketones (excluding diaryl/α,β-unsaturated/α-hetero) is 2. The minimum atomic E-state index is -0.449. The summed E-state index contributed by atoms with van der Waals surface area (Å²) in [5.74, 6) is -0.0000378. The molecule has 0 aromatic heterocycles. The van der Waals surface area contributed by atoms with E-state index in [1.807, 2.05) is 20.8 Å². The molecule has 3 nitrogen and oxygen atoms in total. The van der Waals surface area contributed by atoms with Crippen molar-refractivity contribution >= 4 is 11.6 Å². The highest BCUT2D eigenvalue weighted by atomic mass is 16.6. The van der Waals surface area contributed by atoms with Crippen LogP contribution in [0.5, 0.6) is 0 Å². The van der Waals surface area contributed by atoms with Gasteiger partial charge in [0.1, 0.15) is 12.2 Å². The second-order valence-electron chi connectivity index (χ2n) is 4.79. The number of hydrogen-bond acceptors (Lipinski definition) is 3. The van der Waals surface area contributed by atoms with E-state index in [0.717, 1.165) is 0 Å². The predicted molar refractivity (Wildman–Crippen MR) is 48.4 cm³/mol. The maximum absolute atomic E-state index is 11.5. The van der Waals surface area contributed by atoms with E-state index >= 15 is 0 Å². The molecule has 0 aromatic rings. The molecule has 0 saturated carbocycles. The fourth-order valence-corrected chi connectivity index (χ4v) is 1.29. The van der Waals surface area contributed by atoms with Crippen molar-refractivity contribution in [1.29, 1.82) is 0 Å². The Bertz CT molecular complexity index is 237. The van der Waals surface area contributed by atoms with Crippen molar-refractivity contribution in [1.82, 2.24) is 0 Å². The third kappa shape index (κ3) is 2.92. The largest absolute Gasteiger partial charge is 0.353 e. The average molecular weight is 184 g/mol. The maximum Gasteiger partial charge on any atom is 0.165 e. The van der Waals surface area contributed by atoms with Gasteiger partial charge in [-0.15, -0.1) is 0 Å². The first-order valence-electron chi connectivity index (χ1n) is 4.50. The molecule has 1 saturated heterocycles. The first-order valence-corrected chi connectivity index (χ1v) is 4.50. The van der Waals surface area contributed by atoms with Crippen molar-refractivity contribution in [3.63, 3.8) is 0 Å². The van der Waals surface area contributed by atoms with Gasteiger partial charge in [-0.3, -0.25) is 9.59 Å². The molecule has 0 radical (unpaired) electrons. The molecule has 0 aliphatic carbocycles. The van der Waals surface area contributed by atoms with Crippen LogP contribution < -0.4 is 0 Å². The number of hydrogen-bond donors (Lipinski definition) is 0. The van der Waals surface area contributed by atoms with Crippen molar-refractivity contribution in [3.8, 4) is 0 Å². The summed E-state index contributed by atoms with van der Waals surface area (Å²) in [5.41, 5.74) is -0.0234. The molecule has 0 bridgehead atoms. The molecule has 13 heavy (non-hydrogen) atoms. The second kappa shape index (κ2) is 3.22. The highest BCUT2D eigenvalue weighted by Crippen LogP contribution is 2.29. The van der Waals surface area contributed by atoms with Crippen LogP contribution >= 0.6 is 0 Å². The molecule has 1 heterocycles. The summed E-state index contributed by atoms with van der Waals surface area (Å²) in [6.45, 7) is 7.44. The van der Waals surface area contributed by atoms with Crippen LogP contribution in [0, 0.1) is 5.41 Å². The zero-order valence-corrected chi connectivity index (χ0v) is 8.59. The van der Waals surface area contributed by atoms with Crippen molar-refractivity contribution < 1.29 is 14.3 Å². The van der Waals surface area contributed by atoms with E-state index in [1.165, 1.54) is 6.92 Å². The van der Waals surface area contributed by atoms with Gasteiger partial charge in [-0.2, -0.15) is 0 Å². The topological polar surface area (TPSA) is 46.7 Å². The standard InChI is InChI=1S/C10H16O3/c1-6(11)8-9(13-8)7(12)5-10(2,3)4/h8-9H,5H2,1-4H3. The van der Waals surface area contributed by atoms with Gasteiger partial charge in [0.25, 0.3) is 0 Å². The lowest BCUT2D eigenvalue weighted by atomic mass is 9.88. The van der Waals surface area contributed by atoms with E-state index in [4.69, 9.17) is 4.74 Å². The van der Waals surface area contributed by atoms with Crippen molar-refractivity contribution in [2.75, 3.05) is 0 Å². The van der Waals surface area contributed by atoms with Crippen LogP contribution in [-0.2, 0) is 14.3 Å². The van der Waals surface area contributed by atoms with Crippen molar-refractivity contribution in [3.05, 3.63) is 0 Å². The third-order valence-electron chi connectivity index (χ3n) is 1.91. The second-order valence-corrected chi connectivity index (χ2v) is 4.79. The first kappa shape index (κ1) is 10.4. The summed E-state index contributed by atoms with van der Waals surface area (Å²) in [5, 5.41) is 0. The van der Waals surface area contributed by atoms with Gasteiger partial charge in [-0.25, -0.2) is 0 Å². The molecule has 74 valence electrons. The third-order valence-corrected chi connectivity index (χ3v) is 1.91. The SMILES string of the molecule is CC(=O)C1OC1C(=O)CC(C)(C)C. The van der Waals surface area contributed by atoms with Gasteiger partial charge >= 0.3 is 0 Å². The first-order chi connectivity index (χ1) is 5.81. The lowest BCUT2D eigenvalue weighted by molar-refractivity contribution is -0.122. The van der Waals surface area contributed by atoms with E-state index in [2.05, 4.69) is 0 Å². The average Bonchev–Trinajstić information content (AvgIpc) is 2.58. The number of ether oxygens (including phenoxy) is 1. The number of carbonyl (C=O) groups is 2. The summed E-state index contributed by atoms with van der Waals surface area (Å²) in [7, 11) is 0. The minimum absolute atomic E-state index is 0.0234. The van der Waals surface area contributed by atoms with E-state index in [1.54, 1.807) is 0 Å². The normalized spacial score (nSPS) is 27.1. The molecule has 0 spiro atoms. The smallest absolute Gasteiger partial charge is 0.165 e. The van der Waals surface area contributed by atoms with Crippen LogP contribution in [0.3, 0.4) is 0 Å². The van der Waals surface area contributed by atoms with E-state index in [0.29, 0.717) is 6.42 Å². The molecule has 0 N–H and O–H groups in total. The fraction of sp³-hybridized carbons (Fsp3) is 0.800.